The van der Waals surface area contributed by atoms with E-state index in [2.05, 4.69) is 59.9 Å². The molecule has 2 unspecified atom stereocenters. The molecule has 4 aliphatic carbocycles. The molecule has 0 spiro atoms. The van der Waals surface area contributed by atoms with Gasteiger partial charge in [-0.2, -0.15) is 0 Å². The molecule has 0 heterocycles. The van der Waals surface area contributed by atoms with Crippen molar-refractivity contribution in [3.05, 3.63) is 23.3 Å². The van der Waals surface area contributed by atoms with Gasteiger partial charge in [-0.3, -0.25) is 0 Å². The summed E-state index contributed by atoms with van der Waals surface area (Å²) < 4.78 is 12.0. The van der Waals surface area contributed by atoms with E-state index < -0.39 is 8.32 Å². The van der Waals surface area contributed by atoms with E-state index in [1.165, 1.54) is 24.8 Å². The summed E-state index contributed by atoms with van der Waals surface area (Å²) in [6, 6.07) is 0. The molecule has 4 aliphatic rings. The zero-order valence-corrected chi connectivity index (χ0v) is 19.6. The molecule has 3 fully saturated rings. The van der Waals surface area contributed by atoms with E-state index in [1.54, 1.807) is 0 Å². The number of carbonyl (C=O) groups is 1. The minimum Gasteiger partial charge on any atom is -0.463 e. The van der Waals surface area contributed by atoms with Crippen LogP contribution in [0.2, 0.25) is 18.1 Å². The maximum absolute atomic E-state index is 12.2. The lowest BCUT2D eigenvalue weighted by atomic mass is 9.30. The number of esters is 1. The summed E-state index contributed by atoms with van der Waals surface area (Å²) >= 11 is 0. The summed E-state index contributed by atoms with van der Waals surface area (Å²) in [6.45, 7) is 18.5. The lowest BCUT2D eigenvalue weighted by molar-refractivity contribution is -0.260. The van der Waals surface area contributed by atoms with E-state index in [1.807, 2.05) is 6.92 Å². The molecular weight excluding hydrogens is 352 g/mol. The van der Waals surface area contributed by atoms with Gasteiger partial charge < -0.3 is 9.16 Å². The van der Waals surface area contributed by atoms with Crippen molar-refractivity contribution in [2.45, 2.75) is 91.5 Å². The van der Waals surface area contributed by atoms with Crippen molar-refractivity contribution in [3.63, 3.8) is 0 Å². The van der Waals surface area contributed by atoms with Crippen LogP contribution in [0.1, 0.15) is 67.2 Å². The number of hydrogen-bond donors (Lipinski definition) is 0. The van der Waals surface area contributed by atoms with Gasteiger partial charge in [0.1, 0.15) is 0 Å². The first-order valence-corrected chi connectivity index (χ1v) is 13.5. The third-order valence-corrected chi connectivity index (χ3v) is 12.5. The Hall–Kier alpha value is -0.873. The molecule has 0 aromatic heterocycles. The molecule has 152 valence electrons. The van der Waals surface area contributed by atoms with Crippen LogP contribution in [0.4, 0.5) is 0 Å². The van der Waals surface area contributed by atoms with Crippen molar-refractivity contribution in [1.82, 2.24) is 0 Å². The molecule has 27 heavy (non-hydrogen) atoms. The molecule has 4 heteroatoms. The Morgan fingerprint density at radius 2 is 1.89 bits per heavy atom. The molecule has 0 N–H and O–H groups in total. The summed E-state index contributed by atoms with van der Waals surface area (Å²) in [5, 5.41) is 0.252. The largest absolute Gasteiger partial charge is 0.463 e. The monoisotopic (exact) mass is 390 g/mol. The molecule has 0 amide bonds. The fraction of sp³-hybridized carbons (Fsp3) is 0.783. The van der Waals surface area contributed by atoms with E-state index in [4.69, 9.17) is 9.16 Å². The maximum atomic E-state index is 12.2. The fourth-order valence-electron chi connectivity index (χ4n) is 5.29. The SMILES string of the molecule is CCOC(=O)C1=CC(C23CC(C(C)O[Si](C)(C)C(C)(C)C)(C2)C3)C(C)=CC1. The zero-order chi connectivity index (χ0) is 20.3. The van der Waals surface area contributed by atoms with Gasteiger partial charge in [-0.05, 0) is 75.4 Å². The van der Waals surface area contributed by atoms with Gasteiger partial charge in [0.05, 0.1) is 6.61 Å². The smallest absolute Gasteiger partial charge is 0.334 e. The average molecular weight is 391 g/mol. The first-order valence-electron chi connectivity index (χ1n) is 10.6. The Balaban J connectivity index is 1.67. The second-order valence-electron chi connectivity index (χ2n) is 10.8. The Labute approximate surface area is 166 Å². The summed E-state index contributed by atoms with van der Waals surface area (Å²) in [5.41, 5.74) is 2.99. The van der Waals surface area contributed by atoms with Gasteiger partial charge in [0.15, 0.2) is 8.32 Å². The van der Waals surface area contributed by atoms with Gasteiger partial charge in [0.2, 0.25) is 0 Å². The van der Waals surface area contributed by atoms with E-state index in [9.17, 15) is 4.79 Å². The van der Waals surface area contributed by atoms with Gasteiger partial charge in [0, 0.05) is 17.6 Å². The summed E-state index contributed by atoms with van der Waals surface area (Å²) in [7, 11) is -1.73. The Bertz CT molecular complexity index is 660. The van der Waals surface area contributed by atoms with Crippen LogP contribution in [0.15, 0.2) is 23.3 Å². The molecule has 0 saturated heterocycles. The predicted molar refractivity (Wildman–Crippen MR) is 113 cm³/mol. The highest BCUT2D eigenvalue weighted by molar-refractivity contribution is 6.74. The quantitative estimate of drug-likeness (QED) is 0.316. The summed E-state index contributed by atoms with van der Waals surface area (Å²) in [5.74, 6) is 0.259. The number of ether oxygens (including phenoxy) is 1. The van der Waals surface area contributed by atoms with Crippen LogP contribution >= 0.6 is 0 Å². The lowest BCUT2D eigenvalue weighted by Crippen LogP contribution is -2.70. The van der Waals surface area contributed by atoms with Crippen molar-refractivity contribution >= 4 is 14.3 Å². The number of rotatable bonds is 6. The van der Waals surface area contributed by atoms with Crippen LogP contribution in [-0.2, 0) is 14.0 Å². The molecular formula is C23H38O3Si. The molecule has 0 aromatic carbocycles. The Morgan fingerprint density at radius 1 is 1.30 bits per heavy atom. The number of hydrogen-bond acceptors (Lipinski definition) is 3. The standard InChI is InChI=1S/C23H38O3Si/c1-9-25-20(24)18-11-10-16(2)19(12-18)23-13-22(14-23,15-23)17(3)26-27(7,8)21(4,5)6/h10,12,17,19H,9,11,13-15H2,1-8H3. The Kier molecular flexibility index (Phi) is 5.09. The highest BCUT2D eigenvalue weighted by Gasteiger charge is 2.72. The number of carbonyl (C=O) groups excluding carboxylic acids is 1. The average Bonchev–Trinajstić information content (AvgIpc) is 2.44. The molecule has 2 bridgehead atoms. The predicted octanol–water partition coefficient (Wildman–Crippen LogP) is 6.02. The van der Waals surface area contributed by atoms with Gasteiger partial charge >= 0.3 is 5.97 Å². The molecule has 0 aliphatic heterocycles. The highest BCUT2D eigenvalue weighted by Crippen LogP contribution is 2.79. The van der Waals surface area contributed by atoms with E-state index in [-0.39, 0.29) is 11.0 Å². The third-order valence-electron chi connectivity index (χ3n) is 7.95. The first-order chi connectivity index (χ1) is 12.4. The fourth-order valence-corrected chi connectivity index (χ4v) is 6.77. The van der Waals surface area contributed by atoms with Crippen LogP contribution in [0.25, 0.3) is 0 Å². The summed E-state index contributed by atoms with van der Waals surface area (Å²) in [6.07, 6.45) is 9.21. The van der Waals surface area contributed by atoms with Crippen LogP contribution in [0, 0.1) is 16.7 Å². The second-order valence-corrected chi connectivity index (χ2v) is 15.6. The third kappa shape index (κ3) is 3.37. The first kappa shape index (κ1) is 20.9. The number of allylic oxidation sites excluding steroid dienone is 3. The second kappa shape index (κ2) is 6.59. The van der Waals surface area contributed by atoms with Gasteiger partial charge in [-0.25, -0.2) is 4.79 Å². The van der Waals surface area contributed by atoms with Crippen LogP contribution in [0.3, 0.4) is 0 Å². The van der Waals surface area contributed by atoms with Crippen LogP contribution in [0.5, 0.6) is 0 Å². The molecule has 0 aromatic rings. The molecule has 3 nitrogen and oxygen atoms in total. The van der Waals surface area contributed by atoms with Gasteiger partial charge in [-0.15, -0.1) is 0 Å². The lowest BCUT2D eigenvalue weighted by Gasteiger charge is -2.75. The molecule has 2 atom stereocenters. The minimum atomic E-state index is -1.73. The minimum absolute atomic E-state index is 0.137. The molecule has 4 rings (SSSR count). The van der Waals surface area contributed by atoms with Gasteiger partial charge in [0.25, 0.3) is 0 Å². The van der Waals surface area contributed by atoms with Crippen molar-refractivity contribution in [3.8, 4) is 0 Å². The normalized spacial score (nSPS) is 34.0. The van der Waals surface area contributed by atoms with Crippen molar-refractivity contribution in [2.24, 2.45) is 16.7 Å². The van der Waals surface area contributed by atoms with E-state index in [0.717, 1.165) is 5.57 Å². The van der Waals surface area contributed by atoms with Crippen molar-refractivity contribution in [1.29, 1.82) is 0 Å². The van der Waals surface area contributed by atoms with E-state index >= 15 is 0 Å². The zero-order valence-electron chi connectivity index (χ0n) is 18.6. The van der Waals surface area contributed by atoms with Gasteiger partial charge in [-0.1, -0.05) is 38.5 Å². The van der Waals surface area contributed by atoms with Crippen molar-refractivity contribution < 1.29 is 14.0 Å². The highest BCUT2D eigenvalue weighted by atomic mass is 28.4. The van der Waals surface area contributed by atoms with E-state index in [0.29, 0.717) is 35.9 Å². The molecule has 3 saturated carbocycles. The maximum Gasteiger partial charge on any atom is 0.334 e. The molecule has 0 radical (unpaired) electrons. The van der Waals surface area contributed by atoms with Crippen LogP contribution < -0.4 is 0 Å². The summed E-state index contributed by atoms with van der Waals surface area (Å²) in [4.78, 5) is 12.2. The van der Waals surface area contributed by atoms with Crippen LogP contribution in [-0.4, -0.2) is 27.0 Å². The topological polar surface area (TPSA) is 35.5 Å². The Morgan fingerprint density at radius 3 is 2.41 bits per heavy atom. The van der Waals surface area contributed by atoms with Crippen molar-refractivity contribution in [2.75, 3.05) is 6.61 Å².